The molecule has 1 aromatic heterocycles. The number of benzene rings is 1. The predicted octanol–water partition coefficient (Wildman–Crippen LogP) is 2.72. The van der Waals surface area contributed by atoms with Gasteiger partial charge in [0.25, 0.3) is 0 Å². The van der Waals surface area contributed by atoms with E-state index >= 15 is 0 Å². The SMILES string of the molecule is CCCC(C)C(=O)N[C@@H](Cc1c[nH]c2ccccc12)C(=O)O. The summed E-state index contributed by atoms with van der Waals surface area (Å²) < 4.78 is 0. The minimum atomic E-state index is -1.01. The van der Waals surface area contributed by atoms with E-state index in [4.69, 9.17) is 0 Å². The number of nitrogens with one attached hydrogen (secondary N) is 2. The standard InChI is InChI=1S/C17H22N2O3/c1-3-6-11(2)16(20)19-15(17(21)22)9-12-10-18-14-8-5-4-7-13(12)14/h4-5,7-8,10-11,15,18H,3,6,9H2,1-2H3,(H,19,20)(H,21,22)/t11?,15-/m0/s1. The maximum atomic E-state index is 12.1. The van der Waals surface area contributed by atoms with Gasteiger partial charge in [0, 0.05) is 29.4 Å². The summed E-state index contributed by atoms with van der Waals surface area (Å²) in [6, 6.07) is 6.81. The first-order valence-corrected chi connectivity index (χ1v) is 7.61. The zero-order valence-electron chi connectivity index (χ0n) is 12.9. The fourth-order valence-electron chi connectivity index (χ4n) is 2.60. The van der Waals surface area contributed by atoms with Crippen LogP contribution in [0.1, 0.15) is 32.3 Å². The van der Waals surface area contributed by atoms with Gasteiger partial charge in [0.05, 0.1) is 0 Å². The lowest BCUT2D eigenvalue weighted by atomic mass is 10.0. The van der Waals surface area contributed by atoms with Gasteiger partial charge in [0.1, 0.15) is 6.04 Å². The smallest absolute Gasteiger partial charge is 0.326 e. The van der Waals surface area contributed by atoms with Crippen LogP contribution in [0.5, 0.6) is 0 Å². The maximum absolute atomic E-state index is 12.1. The minimum Gasteiger partial charge on any atom is -0.480 e. The van der Waals surface area contributed by atoms with E-state index in [0.29, 0.717) is 0 Å². The number of aromatic amines is 1. The normalized spacial score (nSPS) is 13.7. The van der Waals surface area contributed by atoms with Crippen molar-refractivity contribution >= 4 is 22.8 Å². The van der Waals surface area contributed by atoms with Gasteiger partial charge in [-0.05, 0) is 18.1 Å². The van der Waals surface area contributed by atoms with Crippen LogP contribution >= 0.6 is 0 Å². The Morgan fingerprint density at radius 2 is 2.05 bits per heavy atom. The van der Waals surface area contributed by atoms with E-state index in [0.717, 1.165) is 29.3 Å². The number of para-hydroxylation sites is 1. The van der Waals surface area contributed by atoms with Gasteiger partial charge in [-0.25, -0.2) is 4.79 Å². The highest BCUT2D eigenvalue weighted by Crippen LogP contribution is 2.19. The zero-order valence-corrected chi connectivity index (χ0v) is 12.9. The van der Waals surface area contributed by atoms with Crippen LogP contribution in [0.2, 0.25) is 0 Å². The molecule has 1 unspecified atom stereocenters. The topological polar surface area (TPSA) is 82.2 Å². The van der Waals surface area contributed by atoms with Gasteiger partial charge in [-0.2, -0.15) is 0 Å². The van der Waals surface area contributed by atoms with E-state index in [-0.39, 0.29) is 18.2 Å². The summed E-state index contributed by atoms with van der Waals surface area (Å²) in [6.45, 7) is 3.83. The van der Waals surface area contributed by atoms with Crippen LogP contribution in [0.25, 0.3) is 10.9 Å². The van der Waals surface area contributed by atoms with Crippen molar-refractivity contribution in [3.05, 3.63) is 36.0 Å². The molecule has 2 aromatic rings. The van der Waals surface area contributed by atoms with E-state index in [1.165, 1.54) is 0 Å². The number of aliphatic carboxylic acids is 1. The van der Waals surface area contributed by atoms with Crippen molar-refractivity contribution in [2.75, 3.05) is 0 Å². The number of carboxylic acids is 1. The molecule has 118 valence electrons. The summed E-state index contributed by atoms with van der Waals surface area (Å²) in [5, 5.41) is 13.0. The molecule has 0 aliphatic heterocycles. The monoisotopic (exact) mass is 302 g/mol. The number of amides is 1. The molecule has 0 radical (unpaired) electrons. The number of H-pyrrole nitrogens is 1. The first-order chi connectivity index (χ1) is 10.5. The number of carbonyl (C=O) groups excluding carboxylic acids is 1. The number of carboxylic acid groups (broad SMARTS) is 1. The molecule has 0 aliphatic carbocycles. The minimum absolute atomic E-state index is 0.171. The Labute approximate surface area is 129 Å². The molecule has 22 heavy (non-hydrogen) atoms. The summed E-state index contributed by atoms with van der Waals surface area (Å²) in [5.41, 5.74) is 1.86. The highest BCUT2D eigenvalue weighted by atomic mass is 16.4. The highest BCUT2D eigenvalue weighted by molar-refractivity contribution is 5.87. The molecule has 3 N–H and O–H groups in total. The Morgan fingerprint density at radius 3 is 2.73 bits per heavy atom. The summed E-state index contributed by atoms with van der Waals surface area (Å²) in [5.74, 6) is -1.38. The first-order valence-electron chi connectivity index (χ1n) is 7.61. The van der Waals surface area contributed by atoms with Crippen molar-refractivity contribution in [3.8, 4) is 0 Å². The third-order valence-corrected chi connectivity index (χ3v) is 3.88. The Balaban J connectivity index is 2.12. The van der Waals surface area contributed by atoms with Gasteiger partial charge < -0.3 is 15.4 Å². The average Bonchev–Trinajstić information content (AvgIpc) is 2.90. The van der Waals surface area contributed by atoms with E-state index in [9.17, 15) is 14.7 Å². The van der Waals surface area contributed by atoms with Crippen molar-refractivity contribution in [1.29, 1.82) is 0 Å². The second-order valence-electron chi connectivity index (χ2n) is 5.65. The molecule has 0 spiro atoms. The van der Waals surface area contributed by atoms with Crippen LogP contribution in [-0.2, 0) is 16.0 Å². The highest BCUT2D eigenvalue weighted by Gasteiger charge is 2.23. The van der Waals surface area contributed by atoms with Crippen molar-refractivity contribution in [1.82, 2.24) is 10.3 Å². The van der Waals surface area contributed by atoms with Gasteiger partial charge in [-0.1, -0.05) is 38.5 Å². The van der Waals surface area contributed by atoms with E-state index in [1.807, 2.05) is 44.3 Å². The van der Waals surface area contributed by atoms with Crippen LogP contribution < -0.4 is 5.32 Å². The Morgan fingerprint density at radius 1 is 1.32 bits per heavy atom. The van der Waals surface area contributed by atoms with Crippen LogP contribution in [0.4, 0.5) is 0 Å². The molecule has 1 heterocycles. The second-order valence-corrected chi connectivity index (χ2v) is 5.65. The lowest BCUT2D eigenvalue weighted by molar-refractivity contribution is -0.142. The number of hydrogen-bond donors (Lipinski definition) is 3. The maximum Gasteiger partial charge on any atom is 0.326 e. The molecule has 0 aliphatic rings. The molecule has 2 atom stereocenters. The van der Waals surface area contributed by atoms with E-state index < -0.39 is 12.0 Å². The van der Waals surface area contributed by atoms with Gasteiger partial charge in [0.2, 0.25) is 5.91 Å². The quantitative estimate of drug-likeness (QED) is 0.735. The Hall–Kier alpha value is -2.30. The zero-order chi connectivity index (χ0) is 16.1. The molecule has 5 nitrogen and oxygen atoms in total. The average molecular weight is 302 g/mol. The molecular formula is C17H22N2O3. The van der Waals surface area contributed by atoms with Gasteiger partial charge in [-0.3, -0.25) is 4.79 Å². The Bertz CT molecular complexity index is 663. The van der Waals surface area contributed by atoms with Crippen LogP contribution in [0, 0.1) is 5.92 Å². The number of hydrogen-bond acceptors (Lipinski definition) is 2. The summed E-state index contributed by atoms with van der Waals surface area (Å²) in [7, 11) is 0. The van der Waals surface area contributed by atoms with Gasteiger partial charge >= 0.3 is 5.97 Å². The molecule has 1 amide bonds. The van der Waals surface area contributed by atoms with Crippen molar-refractivity contribution in [2.45, 2.75) is 39.2 Å². The number of aromatic nitrogens is 1. The molecular weight excluding hydrogens is 280 g/mol. The van der Waals surface area contributed by atoms with Crippen LogP contribution in [0.3, 0.4) is 0 Å². The van der Waals surface area contributed by atoms with E-state index in [2.05, 4.69) is 10.3 Å². The lowest BCUT2D eigenvalue weighted by Gasteiger charge is -2.17. The predicted molar refractivity (Wildman–Crippen MR) is 85.6 cm³/mol. The summed E-state index contributed by atoms with van der Waals surface area (Å²) in [4.78, 5) is 26.6. The summed E-state index contributed by atoms with van der Waals surface area (Å²) in [6.07, 6.45) is 3.73. The molecule has 0 bridgehead atoms. The molecule has 2 rings (SSSR count). The Kier molecular flexibility index (Phi) is 5.20. The number of rotatable bonds is 7. The van der Waals surface area contributed by atoms with Crippen molar-refractivity contribution < 1.29 is 14.7 Å². The van der Waals surface area contributed by atoms with E-state index in [1.54, 1.807) is 0 Å². The van der Waals surface area contributed by atoms with Gasteiger partial charge in [0.15, 0.2) is 0 Å². The third-order valence-electron chi connectivity index (χ3n) is 3.88. The third kappa shape index (κ3) is 3.67. The lowest BCUT2D eigenvalue weighted by Crippen LogP contribution is -2.44. The fraction of sp³-hybridized carbons (Fsp3) is 0.412. The van der Waals surface area contributed by atoms with Crippen LogP contribution in [-0.4, -0.2) is 28.0 Å². The first kappa shape index (κ1) is 16.1. The van der Waals surface area contributed by atoms with Crippen molar-refractivity contribution in [2.24, 2.45) is 5.92 Å². The second kappa shape index (κ2) is 7.11. The fourth-order valence-corrected chi connectivity index (χ4v) is 2.60. The van der Waals surface area contributed by atoms with Crippen LogP contribution in [0.15, 0.2) is 30.5 Å². The van der Waals surface area contributed by atoms with Crippen molar-refractivity contribution in [3.63, 3.8) is 0 Å². The molecule has 1 aromatic carbocycles. The number of carbonyl (C=O) groups is 2. The van der Waals surface area contributed by atoms with Gasteiger partial charge in [-0.15, -0.1) is 0 Å². The molecule has 5 heteroatoms. The molecule has 0 fully saturated rings. The molecule has 0 saturated carbocycles. The largest absolute Gasteiger partial charge is 0.480 e. The molecule has 0 saturated heterocycles. The summed E-state index contributed by atoms with van der Waals surface area (Å²) >= 11 is 0. The number of fused-ring (bicyclic) bond motifs is 1.